The predicted octanol–water partition coefficient (Wildman–Crippen LogP) is 2.99. The molecule has 0 bridgehead atoms. The molecule has 132 valence electrons. The molecular formula is C22H21NO3. The van der Waals surface area contributed by atoms with Gasteiger partial charge in [-0.15, -0.1) is 0 Å². The Labute approximate surface area is 152 Å². The molecule has 0 radical (unpaired) electrons. The number of hydrogen-bond acceptors (Lipinski definition) is 3. The van der Waals surface area contributed by atoms with Gasteiger partial charge in [-0.1, -0.05) is 72.8 Å². The summed E-state index contributed by atoms with van der Waals surface area (Å²) in [7, 11) is 0. The molecule has 26 heavy (non-hydrogen) atoms. The van der Waals surface area contributed by atoms with E-state index in [0.717, 1.165) is 5.56 Å². The van der Waals surface area contributed by atoms with E-state index in [0.29, 0.717) is 24.1 Å². The zero-order chi connectivity index (χ0) is 18.4. The van der Waals surface area contributed by atoms with Crippen LogP contribution in [-0.2, 0) is 16.8 Å². The Balaban J connectivity index is 1.80. The minimum Gasteiger partial charge on any atom is -0.508 e. The Morgan fingerprint density at radius 1 is 0.846 bits per heavy atom. The summed E-state index contributed by atoms with van der Waals surface area (Å²) in [6.45, 7) is 0.351. The number of aliphatic hydroxyl groups is 1. The van der Waals surface area contributed by atoms with Crippen LogP contribution < -0.4 is 5.32 Å². The quantitative estimate of drug-likeness (QED) is 0.642. The van der Waals surface area contributed by atoms with E-state index < -0.39 is 11.5 Å². The van der Waals surface area contributed by atoms with Crippen molar-refractivity contribution in [2.45, 2.75) is 12.0 Å². The number of benzene rings is 3. The van der Waals surface area contributed by atoms with Gasteiger partial charge in [-0.25, -0.2) is 0 Å². The number of hydrogen-bond donors (Lipinski definition) is 3. The lowest BCUT2D eigenvalue weighted by Crippen LogP contribution is -2.46. The first-order valence-corrected chi connectivity index (χ1v) is 8.50. The highest BCUT2D eigenvalue weighted by Gasteiger charge is 2.39. The molecule has 3 aromatic carbocycles. The van der Waals surface area contributed by atoms with Gasteiger partial charge in [0.05, 0.1) is 0 Å². The third kappa shape index (κ3) is 3.76. The van der Waals surface area contributed by atoms with Crippen molar-refractivity contribution in [2.24, 2.45) is 0 Å². The van der Waals surface area contributed by atoms with E-state index >= 15 is 0 Å². The van der Waals surface area contributed by atoms with Crippen molar-refractivity contribution in [3.8, 4) is 5.75 Å². The van der Waals surface area contributed by atoms with Crippen LogP contribution in [0.2, 0.25) is 0 Å². The van der Waals surface area contributed by atoms with Crippen LogP contribution in [0, 0.1) is 0 Å². The van der Waals surface area contributed by atoms with Crippen LogP contribution >= 0.6 is 0 Å². The van der Waals surface area contributed by atoms with Crippen molar-refractivity contribution < 1.29 is 15.0 Å². The average Bonchev–Trinajstić information content (AvgIpc) is 2.68. The minimum atomic E-state index is -1.76. The van der Waals surface area contributed by atoms with Crippen molar-refractivity contribution in [1.82, 2.24) is 5.32 Å². The van der Waals surface area contributed by atoms with Crippen LogP contribution in [-0.4, -0.2) is 22.7 Å². The van der Waals surface area contributed by atoms with Gasteiger partial charge in [0.15, 0.2) is 5.60 Å². The number of aromatic hydroxyl groups is 1. The van der Waals surface area contributed by atoms with Gasteiger partial charge in [-0.05, 0) is 35.2 Å². The van der Waals surface area contributed by atoms with Gasteiger partial charge in [0.1, 0.15) is 5.75 Å². The van der Waals surface area contributed by atoms with Crippen LogP contribution in [0.5, 0.6) is 5.75 Å². The molecule has 0 saturated carbocycles. The Hall–Kier alpha value is -3.11. The van der Waals surface area contributed by atoms with Crippen LogP contribution in [0.3, 0.4) is 0 Å². The molecule has 0 aliphatic rings. The SMILES string of the molecule is O=C(NCCc1cccc(O)c1)C(O)(c1ccccc1)c1ccccc1. The van der Waals surface area contributed by atoms with Crippen LogP contribution in [0.25, 0.3) is 0 Å². The number of rotatable bonds is 6. The molecular weight excluding hydrogens is 326 g/mol. The molecule has 4 heteroatoms. The molecule has 0 heterocycles. The summed E-state index contributed by atoms with van der Waals surface area (Å²) in [5.74, 6) is -0.283. The summed E-state index contributed by atoms with van der Waals surface area (Å²) in [6.07, 6.45) is 0.555. The average molecular weight is 347 g/mol. The molecule has 0 aliphatic carbocycles. The highest BCUT2D eigenvalue weighted by atomic mass is 16.3. The molecule has 0 spiro atoms. The first-order valence-electron chi connectivity index (χ1n) is 8.50. The fourth-order valence-corrected chi connectivity index (χ4v) is 2.95. The van der Waals surface area contributed by atoms with Gasteiger partial charge < -0.3 is 15.5 Å². The predicted molar refractivity (Wildman–Crippen MR) is 101 cm³/mol. The van der Waals surface area contributed by atoms with E-state index in [9.17, 15) is 15.0 Å². The summed E-state index contributed by atoms with van der Waals surface area (Å²) in [6, 6.07) is 24.7. The van der Waals surface area contributed by atoms with E-state index in [-0.39, 0.29) is 5.75 Å². The second kappa shape index (κ2) is 7.85. The number of carbonyl (C=O) groups is 1. The first-order chi connectivity index (χ1) is 12.6. The number of phenols is 1. The summed E-state index contributed by atoms with van der Waals surface area (Å²) < 4.78 is 0. The van der Waals surface area contributed by atoms with Crippen molar-refractivity contribution >= 4 is 5.91 Å². The van der Waals surface area contributed by atoms with Gasteiger partial charge in [-0.2, -0.15) is 0 Å². The minimum absolute atomic E-state index is 0.193. The molecule has 3 aromatic rings. The topological polar surface area (TPSA) is 69.6 Å². The molecule has 1 amide bonds. The summed E-state index contributed by atoms with van der Waals surface area (Å²) in [4.78, 5) is 12.9. The number of amides is 1. The largest absolute Gasteiger partial charge is 0.508 e. The molecule has 0 saturated heterocycles. The monoisotopic (exact) mass is 347 g/mol. The highest BCUT2D eigenvalue weighted by molar-refractivity contribution is 5.90. The lowest BCUT2D eigenvalue weighted by molar-refractivity contribution is -0.136. The summed E-state index contributed by atoms with van der Waals surface area (Å²) >= 11 is 0. The fourth-order valence-electron chi connectivity index (χ4n) is 2.95. The van der Waals surface area contributed by atoms with Crippen LogP contribution in [0.4, 0.5) is 0 Å². The van der Waals surface area contributed by atoms with Gasteiger partial charge in [0.25, 0.3) is 5.91 Å². The maximum atomic E-state index is 12.9. The van der Waals surface area contributed by atoms with Gasteiger partial charge in [0.2, 0.25) is 0 Å². The molecule has 0 aliphatic heterocycles. The molecule has 0 atom stereocenters. The summed E-state index contributed by atoms with van der Waals surface area (Å²) in [5, 5.41) is 23.7. The fraction of sp³-hybridized carbons (Fsp3) is 0.136. The summed E-state index contributed by atoms with van der Waals surface area (Å²) in [5.41, 5.74) is 0.178. The molecule has 0 unspecified atom stereocenters. The van der Waals surface area contributed by atoms with Crippen LogP contribution in [0.15, 0.2) is 84.9 Å². The maximum absolute atomic E-state index is 12.9. The number of carbonyl (C=O) groups excluding carboxylic acids is 1. The van der Waals surface area contributed by atoms with Crippen LogP contribution in [0.1, 0.15) is 16.7 Å². The lowest BCUT2D eigenvalue weighted by atomic mass is 9.85. The molecule has 3 N–H and O–H groups in total. The van der Waals surface area contributed by atoms with E-state index in [2.05, 4.69) is 5.32 Å². The molecule has 0 aromatic heterocycles. The van der Waals surface area contributed by atoms with E-state index in [1.54, 1.807) is 66.7 Å². The third-order valence-electron chi connectivity index (χ3n) is 4.32. The normalized spacial score (nSPS) is 11.1. The highest BCUT2D eigenvalue weighted by Crippen LogP contribution is 2.29. The smallest absolute Gasteiger partial charge is 0.261 e. The van der Waals surface area contributed by atoms with E-state index in [1.807, 2.05) is 18.2 Å². The number of nitrogens with one attached hydrogen (secondary N) is 1. The molecule has 3 rings (SSSR count). The standard InChI is InChI=1S/C22H21NO3/c24-20-13-7-8-17(16-20)14-15-23-21(25)22(26,18-9-3-1-4-10-18)19-11-5-2-6-12-19/h1-13,16,24,26H,14-15H2,(H,23,25). The van der Waals surface area contributed by atoms with E-state index in [1.165, 1.54) is 0 Å². The van der Waals surface area contributed by atoms with Crippen molar-refractivity contribution in [3.63, 3.8) is 0 Å². The Bertz CT molecular complexity index is 823. The van der Waals surface area contributed by atoms with Gasteiger partial charge in [-0.3, -0.25) is 4.79 Å². The lowest BCUT2D eigenvalue weighted by Gasteiger charge is -2.28. The van der Waals surface area contributed by atoms with Gasteiger partial charge in [0, 0.05) is 6.54 Å². The van der Waals surface area contributed by atoms with E-state index in [4.69, 9.17) is 0 Å². The Morgan fingerprint density at radius 3 is 1.96 bits per heavy atom. The van der Waals surface area contributed by atoms with Crippen molar-refractivity contribution in [3.05, 3.63) is 102 Å². The zero-order valence-corrected chi connectivity index (χ0v) is 14.3. The Kier molecular flexibility index (Phi) is 5.34. The second-order valence-corrected chi connectivity index (χ2v) is 6.12. The van der Waals surface area contributed by atoms with Crippen molar-refractivity contribution in [1.29, 1.82) is 0 Å². The van der Waals surface area contributed by atoms with Gasteiger partial charge >= 0.3 is 0 Å². The number of phenolic OH excluding ortho intramolecular Hbond substituents is 1. The molecule has 0 fully saturated rings. The molecule has 4 nitrogen and oxygen atoms in total. The Morgan fingerprint density at radius 2 is 1.42 bits per heavy atom. The zero-order valence-electron chi connectivity index (χ0n) is 14.3. The second-order valence-electron chi connectivity index (χ2n) is 6.12. The maximum Gasteiger partial charge on any atom is 0.261 e. The first kappa shape index (κ1) is 17.7. The van der Waals surface area contributed by atoms with Crippen molar-refractivity contribution in [2.75, 3.05) is 6.54 Å². The third-order valence-corrected chi connectivity index (χ3v) is 4.32.